The van der Waals surface area contributed by atoms with Gasteiger partial charge in [0.1, 0.15) is 17.5 Å². The van der Waals surface area contributed by atoms with E-state index in [2.05, 4.69) is 32.8 Å². The van der Waals surface area contributed by atoms with Crippen LogP contribution in [0.3, 0.4) is 0 Å². The number of anilines is 2. The second-order valence-electron chi connectivity index (χ2n) is 5.03. The average molecular weight is 277 g/mol. The summed E-state index contributed by atoms with van der Waals surface area (Å²) in [7, 11) is 0. The van der Waals surface area contributed by atoms with Crippen LogP contribution in [0.5, 0.6) is 0 Å². The highest BCUT2D eigenvalue weighted by Crippen LogP contribution is 2.18. The standard InChI is InChI=1S/C14H23N5O/c1-3-7-15-12-8-13(19-11(4-2)18-12)16-9-14(20)17-10-5-6-10/h8,10H,3-7,9H2,1-2H3,(H,17,20)(H2,15,16,18,19). The Kier molecular flexibility index (Phi) is 5.15. The number of rotatable bonds is 8. The van der Waals surface area contributed by atoms with Gasteiger partial charge in [-0.05, 0) is 19.3 Å². The lowest BCUT2D eigenvalue weighted by atomic mass is 10.4. The van der Waals surface area contributed by atoms with E-state index >= 15 is 0 Å². The molecule has 6 heteroatoms. The summed E-state index contributed by atoms with van der Waals surface area (Å²) >= 11 is 0. The zero-order valence-electron chi connectivity index (χ0n) is 12.2. The lowest BCUT2D eigenvalue weighted by Crippen LogP contribution is -2.31. The number of carbonyl (C=O) groups excluding carboxylic acids is 1. The molecule has 1 amide bonds. The predicted molar refractivity (Wildman–Crippen MR) is 79.8 cm³/mol. The molecule has 6 nitrogen and oxygen atoms in total. The molecule has 0 atom stereocenters. The molecule has 1 aliphatic rings. The van der Waals surface area contributed by atoms with Gasteiger partial charge in [-0.1, -0.05) is 13.8 Å². The van der Waals surface area contributed by atoms with Gasteiger partial charge in [0.25, 0.3) is 0 Å². The Morgan fingerprint density at radius 3 is 2.55 bits per heavy atom. The Hall–Kier alpha value is -1.85. The molecular weight excluding hydrogens is 254 g/mol. The van der Waals surface area contributed by atoms with Gasteiger partial charge < -0.3 is 16.0 Å². The van der Waals surface area contributed by atoms with Crippen molar-refractivity contribution < 1.29 is 4.79 Å². The Bertz CT molecular complexity index is 459. The molecule has 0 aromatic carbocycles. The minimum absolute atomic E-state index is 0.0206. The number of nitrogens with one attached hydrogen (secondary N) is 3. The monoisotopic (exact) mass is 277 g/mol. The first kappa shape index (κ1) is 14.6. The minimum atomic E-state index is 0.0206. The van der Waals surface area contributed by atoms with Crippen molar-refractivity contribution in [3.8, 4) is 0 Å². The van der Waals surface area contributed by atoms with Gasteiger partial charge in [-0.15, -0.1) is 0 Å². The largest absolute Gasteiger partial charge is 0.370 e. The number of amides is 1. The molecule has 1 aromatic heterocycles. The van der Waals surface area contributed by atoms with E-state index in [1.165, 1.54) is 0 Å². The lowest BCUT2D eigenvalue weighted by Gasteiger charge is -2.10. The highest BCUT2D eigenvalue weighted by Gasteiger charge is 2.22. The molecule has 0 aliphatic heterocycles. The summed E-state index contributed by atoms with van der Waals surface area (Å²) < 4.78 is 0. The van der Waals surface area contributed by atoms with Crippen LogP contribution in [-0.4, -0.2) is 35.0 Å². The average Bonchev–Trinajstić information content (AvgIpc) is 3.26. The smallest absolute Gasteiger partial charge is 0.239 e. The maximum Gasteiger partial charge on any atom is 0.239 e. The normalized spacial score (nSPS) is 13.9. The van der Waals surface area contributed by atoms with Crippen molar-refractivity contribution in [2.75, 3.05) is 23.7 Å². The molecule has 0 bridgehead atoms. The second-order valence-corrected chi connectivity index (χ2v) is 5.03. The summed E-state index contributed by atoms with van der Waals surface area (Å²) in [4.78, 5) is 20.4. The third-order valence-corrected chi connectivity index (χ3v) is 3.02. The number of hydrogen-bond donors (Lipinski definition) is 3. The van der Waals surface area contributed by atoms with E-state index < -0.39 is 0 Å². The Labute approximate surface area is 119 Å². The Morgan fingerprint density at radius 2 is 1.95 bits per heavy atom. The molecule has 20 heavy (non-hydrogen) atoms. The maximum absolute atomic E-state index is 11.6. The van der Waals surface area contributed by atoms with Crippen LogP contribution in [0.15, 0.2) is 6.07 Å². The number of hydrogen-bond acceptors (Lipinski definition) is 5. The molecule has 3 N–H and O–H groups in total. The van der Waals surface area contributed by atoms with E-state index in [4.69, 9.17) is 0 Å². The molecule has 0 saturated heterocycles. The fourth-order valence-corrected chi connectivity index (χ4v) is 1.77. The number of carbonyl (C=O) groups is 1. The van der Waals surface area contributed by atoms with Crippen molar-refractivity contribution in [1.29, 1.82) is 0 Å². The van der Waals surface area contributed by atoms with Crippen LogP contribution in [0.1, 0.15) is 38.9 Å². The summed E-state index contributed by atoms with van der Waals surface area (Å²) in [6.45, 7) is 5.25. The minimum Gasteiger partial charge on any atom is -0.370 e. The number of aryl methyl sites for hydroxylation is 1. The number of nitrogens with zero attached hydrogens (tertiary/aromatic N) is 2. The van der Waals surface area contributed by atoms with Gasteiger partial charge in [0.2, 0.25) is 5.91 Å². The molecule has 1 aromatic rings. The van der Waals surface area contributed by atoms with E-state index in [-0.39, 0.29) is 12.5 Å². The molecule has 1 aliphatic carbocycles. The van der Waals surface area contributed by atoms with Gasteiger partial charge in [-0.2, -0.15) is 0 Å². The van der Waals surface area contributed by atoms with Gasteiger partial charge in [0.05, 0.1) is 6.54 Å². The SMILES string of the molecule is CCCNc1cc(NCC(=O)NC2CC2)nc(CC)n1. The molecule has 1 saturated carbocycles. The summed E-state index contributed by atoms with van der Waals surface area (Å²) in [6.07, 6.45) is 4.01. The van der Waals surface area contributed by atoms with Crippen molar-refractivity contribution >= 4 is 17.5 Å². The van der Waals surface area contributed by atoms with E-state index in [0.717, 1.165) is 43.9 Å². The van der Waals surface area contributed by atoms with E-state index in [1.54, 1.807) is 0 Å². The van der Waals surface area contributed by atoms with Gasteiger partial charge in [-0.25, -0.2) is 9.97 Å². The topological polar surface area (TPSA) is 78.9 Å². The van der Waals surface area contributed by atoms with Crippen LogP contribution in [-0.2, 0) is 11.2 Å². The van der Waals surface area contributed by atoms with Gasteiger partial charge >= 0.3 is 0 Å². The molecule has 0 radical (unpaired) electrons. The van der Waals surface area contributed by atoms with Crippen LogP contribution in [0.25, 0.3) is 0 Å². The Balaban J connectivity index is 1.92. The number of aromatic nitrogens is 2. The summed E-state index contributed by atoms with van der Waals surface area (Å²) in [6, 6.07) is 2.24. The van der Waals surface area contributed by atoms with Crippen molar-refractivity contribution in [1.82, 2.24) is 15.3 Å². The van der Waals surface area contributed by atoms with Crippen molar-refractivity contribution in [3.63, 3.8) is 0 Å². The Morgan fingerprint density at radius 1 is 1.25 bits per heavy atom. The van der Waals surface area contributed by atoms with E-state index in [1.807, 2.05) is 13.0 Å². The van der Waals surface area contributed by atoms with Gasteiger partial charge in [-0.3, -0.25) is 4.79 Å². The molecular formula is C14H23N5O. The zero-order valence-corrected chi connectivity index (χ0v) is 12.2. The van der Waals surface area contributed by atoms with Crippen LogP contribution < -0.4 is 16.0 Å². The summed E-state index contributed by atoms with van der Waals surface area (Å²) in [5, 5.41) is 9.25. The van der Waals surface area contributed by atoms with Crippen molar-refractivity contribution in [2.24, 2.45) is 0 Å². The first-order valence-electron chi connectivity index (χ1n) is 7.36. The van der Waals surface area contributed by atoms with Crippen LogP contribution in [0, 0.1) is 0 Å². The fraction of sp³-hybridized carbons (Fsp3) is 0.643. The summed E-state index contributed by atoms with van der Waals surface area (Å²) in [5.74, 6) is 2.30. The van der Waals surface area contributed by atoms with Crippen LogP contribution in [0.2, 0.25) is 0 Å². The molecule has 1 heterocycles. The molecule has 1 fully saturated rings. The molecule has 0 spiro atoms. The van der Waals surface area contributed by atoms with Gasteiger partial charge in [0, 0.05) is 25.1 Å². The quantitative estimate of drug-likeness (QED) is 0.672. The van der Waals surface area contributed by atoms with Crippen molar-refractivity contribution in [3.05, 3.63) is 11.9 Å². The third kappa shape index (κ3) is 4.68. The first-order valence-corrected chi connectivity index (χ1v) is 7.36. The predicted octanol–water partition coefficient (Wildman–Crippen LogP) is 1.55. The van der Waals surface area contributed by atoms with E-state index in [0.29, 0.717) is 11.9 Å². The van der Waals surface area contributed by atoms with E-state index in [9.17, 15) is 4.79 Å². The lowest BCUT2D eigenvalue weighted by molar-refractivity contribution is -0.119. The van der Waals surface area contributed by atoms with Gasteiger partial charge in [0.15, 0.2) is 0 Å². The molecule has 2 rings (SSSR count). The second kappa shape index (κ2) is 7.07. The molecule has 0 unspecified atom stereocenters. The zero-order chi connectivity index (χ0) is 14.4. The fourth-order valence-electron chi connectivity index (χ4n) is 1.77. The van der Waals surface area contributed by atoms with Crippen LogP contribution in [0.4, 0.5) is 11.6 Å². The molecule has 110 valence electrons. The highest BCUT2D eigenvalue weighted by molar-refractivity contribution is 5.81. The summed E-state index contributed by atoms with van der Waals surface area (Å²) in [5.41, 5.74) is 0. The maximum atomic E-state index is 11.6. The van der Waals surface area contributed by atoms with Crippen molar-refractivity contribution in [2.45, 2.75) is 45.6 Å². The van der Waals surface area contributed by atoms with Crippen LogP contribution >= 0.6 is 0 Å². The third-order valence-electron chi connectivity index (χ3n) is 3.02. The highest BCUT2D eigenvalue weighted by atomic mass is 16.2. The first-order chi connectivity index (χ1) is 9.71.